The molecule has 0 heterocycles. The van der Waals surface area contributed by atoms with Gasteiger partial charge in [0.1, 0.15) is 11.5 Å². The third kappa shape index (κ3) is 3.74. The molecule has 1 unspecified atom stereocenters. The van der Waals surface area contributed by atoms with Crippen LogP contribution in [0.5, 0.6) is 0 Å². The summed E-state index contributed by atoms with van der Waals surface area (Å²) < 4.78 is 46.3. The lowest BCUT2D eigenvalue weighted by atomic mass is 10.1. The topological polar surface area (TPSA) is 89.3 Å². The molecule has 2 rings (SSSR count). The van der Waals surface area contributed by atoms with E-state index in [4.69, 9.17) is 9.47 Å². The van der Waals surface area contributed by atoms with Crippen LogP contribution in [0.2, 0.25) is 0 Å². The maximum atomic E-state index is 13.6. The van der Waals surface area contributed by atoms with Gasteiger partial charge in [0.15, 0.2) is 0 Å². The van der Waals surface area contributed by atoms with E-state index in [0.717, 1.165) is 13.2 Å². The Hall–Kier alpha value is -2.26. The van der Waals surface area contributed by atoms with E-state index in [9.17, 15) is 12.3 Å². The lowest BCUT2D eigenvalue weighted by Crippen LogP contribution is -2.38. The number of nitrogens with zero attached hydrogens (tertiary/aromatic N) is 2. The number of halogens is 1. The van der Waals surface area contributed by atoms with E-state index in [-0.39, 0.29) is 17.9 Å². The number of methoxy groups -OCH3 is 2. The first-order valence-electron chi connectivity index (χ1n) is 6.59. The van der Waals surface area contributed by atoms with Crippen LogP contribution >= 0.6 is 0 Å². The Kier molecular flexibility index (Phi) is 5.12. The monoisotopic (exact) mass is 341 g/mol. The van der Waals surface area contributed by atoms with Crippen LogP contribution in [0.4, 0.5) is 9.57 Å². The highest BCUT2D eigenvalue weighted by Gasteiger charge is 2.46. The van der Waals surface area contributed by atoms with Gasteiger partial charge >= 0.3 is 10.2 Å². The van der Waals surface area contributed by atoms with Crippen LogP contribution < -0.4 is 5.43 Å². The lowest BCUT2D eigenvalue weighted by Gasteiger charge is -2.27. The fourth-order valence-electron chi connectivity index (χ4n) is 2.01. The number of anilines is 1. The molecule has 0 bridgehead atoms. The predicted octanol–water partition coefficient (Wildman–Crippen LogP) is 2.93. The van der Waals surface area contributed by atoms with E-state index >= 15 is 0 Å². The quantitative estimate of drug-likeness (QED) is 0.488. The van der Waals surface area contributed by atoms with Crippen molar-refractivity contribution in [1.82, 2.24) is 0 Å². The van der Waals surface area contributed by atoms with E-state index in [0.29, 0.717) is 5.69 Å². The summed E-state index contributed by atoms with van der Waals surface area (Å²) >= 11 is 0. The number of ether oxygens (including phenoxy) is 2. The summed E-state index contributed by atoms with van der Waals surface area (Å²) in [6.07, 6.45) is 2.02. The van der Waals surface area contributed by atoms with E-state index in [1.807, 2.05) is 18.2 Å². The van der Waals surface area contributed by atoms with Crippen LogP contribution in [-0.2, 0) is 19.7 Å². The van der Waals surface area contributed by atoms with Gasteiger partial charge in [0.2, 0.25) is 4.93 Å². The molecule has 0 spiro atoms. The zero-order valence-corrected chi connectivity index (χ0v) is 13.4. The second-order valence-electron chi connectivity index (χ2n) is 4.66. The Morgan fingerprint density at radius 1 is 1.26 bits per heavy atom. The van der Waals surface area contributed by atoms with Crippen molar-refractivity contribution in [2.75, 3.05) is 19.6 Å². The van der Waals surface area contributed by atoms with E-state index in [1.54, 1.807) is 12.1 Å². The van der Waals surface area contributed by atoms with Crippen molar-refractivity contribution in [2.45, 2.75) is 11.4 Å². The van der Waals surface area contributed by atoms with E-state index in [1.165, 1.54) is 13.2 Å². The second kappa shape index (κ2) is 6.88. The Balaban J connectivity index is 2.24. The Morgan fingerprint density at radius 3 is 2.52 bits per heavy atom. The summed E-state index contributed by atoms with van der Waals surface area (Å²) in [5.41, 5.74) is 3.51. The highest BCUT2D eigenvalue weighted by atomic mass is 32.3. The molecule has 1 atom stereocenters. The summed E-state index contributed by atoms with van der Waals surface area (Å²) in [5, 5.41) is 7.67. The second-order valence-corrected chi connectivity index (χ2v) is 6.22. The fraction of sp³-hybridized carbons (Fsp3) is 0.286. The zero-order chi connectivity index (χ0) is 16.9. The molecule has 0 saturated heterocycles. The smallest absolute Gasteiger partial charge is 0.336 e. The third-order valence-corrected chi connectivity index (χ3v) is 4.56. The number of allylic oxidation sites excluding steroid dienone is 1. The molecular weight excluding hydrogens is 325 g/mol. The van der Waals surface area contributed by atoms with Crippen molar-refractivity contribution in [1.29, 1.82) is 0 Å². The van der Waals surface area contributed by atoms with Crippen molar-refractivity contribution in [3.8, 4) is 0 Å². The highest BCUT2D eigenvalue weighted by Crippen LogP contribution is 2.36. The molecule has 1 aliphatic rings. The van der Waals surface area contributed by atoms with Crippen LogP contribution in [0.25, 0.3) is 0 Å². The first-order chi connectivity index (χ1) is 10.9. The fourth-order valence-corrected chi connectivity index (χ4v) is 2.75. The number of benzene rings is 1. The minimum Gasteiger partial charge on any atom is -0.495 e. The minimum absolute atomic E-state index is 0.140. The molecule has 1 N–H and O–H groups in total. The SMILES string of the molecule is COC1=C(N=NNc2ccccc2)CC(OC)(S(=O)(=O)F)C=C1. The first kappa shape index (κ1) is 17.1. The van der Waals surface area contributed by atoms with Gasteiger partial charge < -0.3 is 9.47 Å². The highest BCUT2D eigenvalue weighted by molar-refractivity contribution is 7.87. The molecule has 0 aromatic heterocycles. The predicted molar refractivity (Wildman–Crippen MR) is 82.5 cm³/mol. The minimum atomic E-state index is -5.00. The normalized spacial score (nSPS) is 21.7. The van der Waals surface area contributed by atoms with Gasteiger partial charge in [-0.2, -0.15) is 8.42 Å². The molecule has 1 aliphatic carbocycles. The van der Waals surface area contributed by atoms with Crippen molar-refractivity contribution in [3.05, 3.63) is 53.9 Å². The van der Waals surface area contributed by atoms with Gasteiger partial charge in [-0.25, -0.2) is 0 Å². The summed E-state index contributed by atoms with van der Waals surface area (Å²) in [4.78, 5) is -2.13. The molecule has 0 amide bonds. The zero-order valence-electron chi connectivity index (χ0n) is 12.6. The maximum Gasteiger partial charge on any atom is 0.336 e. The molecule has 0 aliphatic heterocycles. The number of nitrogens with one attached hydrogen (secondary N) is 1. The van der Waals surface area contributed by atoms with Gasteiger partial charge in [0.25, 0.3) is 0 Å². The summed E-state index contributed by atoms with van der Waals surface area (Å²) in [5.74, 6) is 0.278. The van der Waals surface area contributed by atoms with Crippen LogP contribution in [0.1, 0.15) is 6.42 Å². The molecule has 1 aromatic rings. The Bertz CT molecular complexity index is 747. The van der Waals surface area contributed by atoms with Gasteiger partial charge in [-0.1, -0.05) is 23.4 Å². The summed E-state index contributed by atoms with van der Waals surface area (Å²) in [6, 6.07) is 9.02. The van der Waals surface area contributed by atoms with E-state index < -0.39 is 15.2 Å². The maximum absolute atomic E-state index is 13.6. The standard InChI is InChI=1S/C14H16FN3O4S/c1-21-13-8-9-14(22-2,23(15,19)20)10-12(13)17-18-16-11-6-4-3-5-7-11/h3-9H,10H2,1-2H3,(H,16,17). The lowest BCUT2D eigenvalue weighted by molar-refractivity contribution is 0.0925. The largest absolute Gasteiger partial charge is 0.495 e. The number of hydrogen-bond acceptors (Lipinski definition) is 6. The molecule has 0 saturated carbocycles. The van der Waals surface area contributed by atoms with Gasteiger partial charge in [-0.15, -0.1) is 9.00 Å². The van der Waals surface area contributed by atoms with Crippen molar-refractivity contribution in [2.24, 2.45) is 10.3 Å². The number of para-hydroxylation sites is 1. The van der Waals surface area contributed by atoms with Crippen LogP contribution in [0.15, 0.2) is 64.3 Å². The average molecular weight is 341 g/mol. The third-order valence-electron chi connectivity index (χ3n) is 3.29. The average Bonchev–Trinajstić information content (AvgIpc) is 2.54. The molecule has 0 radical (unpaired) electrons. The van der Waals surface area contributed by atoms with Crippen LogP contribution in [-0.4, -0.2) is 27.6 Å². The van der Waals surface area contributed by atoms with Gasteiger partial charge in [-0.3, -0.25) is 5.43 Å². The van der Waals surface area contributed by atoms with Crippen LogP contribution in [0, 0.1) is 0 Å². The van der Waals surface area contributed by atoms with Gasteiger partial charge in [-0.05, 0) is 24.3 Å². The van der Waals surface area contributed by atoms with Crippen LogP contribution in [0.3, 0.4) is 0 Å². The molecule has 1 aromatic carbocycles. The molecule has 23 heavy (non-hydrogen) atoms. The number of rotatable bonds is 6. The van der Waals surface area contributed by atoms with E-state index in [2.05, 4.69) is 15.8 Å². The Morgan fingerprint density at radius 2 is 1.96 bits per heavy atom. The number of hydrogen-bond donors (Lipinski definition) is 1. The van der Waals surface area contributed by atoms with Gasteiger partial charge in [0.05, 0.1) is 12.8 Å². The molecule has 0 fully saturated rings. The Labute approximate surface area is 133 Å². The molecule has 9 heteroatoms. The summed E-state index contributed by atoms with van der Waals surface area (Å²) in [6.45, 7) is 0. The molecular formula is C14H16FN3O4S. The van der Waals surface area contributed by atoms with Crippen molar-refractivity contribution >= 4 is 15.9 Å². The van der Waals surface area contributed by atoms with Crippen molar-refractivity contribution < 1.29 is 21.8 Å². The first-order valence-corrected chi connectivity index (χ1v) is 7.98. The molecule has 124 valence electrons. The van der Waals surface area contributed by atoms with Crippen molar-refractivity contribution in [3.63, 3.8) is 0 Å². The molecule has 7 nitrogen and oxygen atoms in total. The summed E-state index contributed by atoms with van der Waals surface area (Å²) in [7, 11) is -2.50. The van der Waals surface area contributed by atoms with Gasteiger partial charge in [0, 0.05) is 13.5 Å².